The van der Waals surface area contributed by atoms with Gasteiger partial charge >= 0.3 is 12.1 Å². The Labute approximate surface area is 202 Å². The number of ether oxygens (including phenoxy) is 1. The monoisotopic (exact) mass is 477 g/mol. The van der Waals surface area contributed by atoms with Gasteiger partial charge in [0.25, 0.3) is 0 Å². The van der Waals surface area contributed by atoms with Gasteiger partial charge in [0.15, 0.2) is 0 Å². The largest absolute Gasteiger partial charge is 0.480 e. The predicted molar refractivity (Wildman–Crippen MR) is 128 cm³/mol. The van der Waals surface area contributed by atoms with Gasteiger partial charge in [-0.1, -0.05) is 60.7 Å². The summed E-state index contributed by atoms with van der Waals surface area (Å²) in [6.07, 6.45) is 3.92. The first-order valence-electron chi connectivity index (χ1n) is 11.5. The fourth-order valence-corrected chi connectivity index (χ4v) is 4.55. The number of alkyl carbamates (subject to hydrolysis) is 1. The number of hydrogen-bond donors (Lipinski definition) is 4. The number of aliphatic carboxylic acids is 1. The van der Waals surface area contributed by atoms with Gasteiger partial charge in [0, 0.05) is 11.8 Å². The summed E-state index contributed by atoms with van der Waals surface area (Å²) in [5.41, 5.74) is 4.56. The quantitative estimate of drug-likeness (QED) is 0.431. The van der Waals surface area contributed by atoms with Crippen LogP contribution in [-0.2, 0) is 19.1 Å². The van der Waals surface area contributed by atoms with Crippen molar-refractivity contribution in [3.8, 4) is 11.1 Å². The molecule has 4 N–H and O–H groups in total. The van der Waals surface area contributed by atoms with E-state index in [1.807, 2.05) is 36.4 Å². The minimum Gasteiger partial charge on any atom is -0.480 e. The molecule has 2 aromatic rings. The maximum Gasteiger partial charge on any atom is 0.407 e. The summed E-state index contributed by atoms with van der Waals surface area (Å²) < 4.78 is 5.58. The van der Waals surface area contributed by atoms with Gasteiger partial charge in [-0.15, -0.1) is 0 Å². The van der Waals surface area contributed by atoms with Crippen molar-refractivity contribution >= 4 is 23.9 Å². The number of carbonyl (C=O) groups is 4. The van der Waals surface area contributed by atoms with Crippen molar-refractivity contribution in [1.82, 2.24) is 16.0 Å². The van der Waals surface area contributed by atoms with Crippen molar-refractivity contribution in [3.63, 3.8) is 0 Å². The lowest BCUT2D eigenvalue weighted by Crippen LogP contribution is -2.44. The lowest BCUT2D eigenvalue weighted by Gasteiger charge is -2.25. The van der Waals surface area contributed by atoms with Crippen LogP contribution >= 0.6 is 0 Å². The van der Waals surface area contributed by atoms with Crippen LogP contribution in [0.5, 0.6) is 0 Å². The highest BCUT2D eigenvalue weighted by atomic mass is 16.5. The molecule has 4 rings (SSSR count). The molecule has 2 aromatic carbocycles. The van der Waals surface area contributed by atoms with E-state index in [9.17, 15) is 19.2 Å². The Morgan fingerprint density at radius 1 is 0.914 bits per heavy atom. The van der Waals surface area contributed by atoms with Gasteiger partial charge in [0.2, 0.25) is 11.8 Å². The average molecular weight is 478 g/mol. The molecule has 0 spiro atoms. The Morgan fingerprint density at radius 3 is 2.23 bits per heavy atom. The van der Waals surface area contributed by atoms with Crippen LogP contribution in [0.25, 0.3) is 11.1 Å². The van der Waals surface area contributed by atoms with Crippen LogP contribution in [0.2, 0.25) is 0 Å². The third-order valence-electron chi connectivity index (χ3n) is 6.21. The molecule has 0 aromatic heterocycles. The van der Waals surface area contributed by atoms with Gasteiger partial charge in [-0.05, 0) is 35.1 Å². The Balaban J connectivity index is 1.26. The summed E-state index contributed by atoms with van der Waals surface area (Å²) in [5, 5.41) is 16.1. The van der Waals surface area contributed by atoms with Gasteiger partial charge in [-0.25, -0.2) is 4.79 Å². The molecule has 182 valence electrons. The number of carboxylic acid groups (broad SMARTS) is 1. The highest BCUT2D eigenvalue weighted by Crippen LogP contribution is 2.44. The van der Waals surface area contributed by atoms with Crippen molar-refractivity contribution in [2.24, 2.45) is 5.92 Å². The zero-order valence-electron chi connectivity index (χ0n) is 19.0. The van der Waals surface area contributed by atoms with E-state index in [4.69, 9.17) is 9.84 Å². The molecule has 0 aliphatic heterocycles. The summed E-state index contributed by atoms with van der Waals surface area (Å²) in [5.74, 6) is -2.55. The minimum atomic E-state index is -1.16. The van der Waals surface area contributed by atoms with Crippen LogP contribution in [0.15, 0.2) is 60.7 Å². The molecule has 9 nitrogen and oxygen atoms in total. The fourth-order valence-electron chi connectivity index (χ4n) is 4.55. The number of fused-ring (bicyclic) bond motifs is 3. The molecule has 0 saturated heterocycles. The second-order valence-electron chi connectivity index (χ2n) is 8.56. The molecule has 0 radical (unpaired) electrons. The van der Waals surface area contributed by atoms with Crippen LogP contribution in [0.3, 0.4) is 0 Å². The van der Waals surface area contributed by atoms with Gasteiger partial charge < -0.3 is 25.8 Å². The molecule has 9 heteroatoms. The summed E-state index contributed by atoms with van der Waals surface area (Å²) in [6.45, 7) is -0.616. The molecule has 0 fully saturated rings. The summed E-state index contributed by atoms with van der Waals surface area (Å²) in [7, 11) is 0. The molecule has 0 unspecified atom stereocenters. The first-order chi connectivity index (χ1) is 16.9. The van der Waals surface area contributed by atoms with E-state index in [1.54, 1.807) is 0 Å². The van der Waals surface area contributed by atoms with Crippen molar-refractivity contribution < 1.29 is 29.0 Å². The highest BCUT2D eigenvalue weighted by molar-refractivity contribution is 5.87. The van der Waals surface area contributed by atoms with Gasteiger partial charge in [-0.3, -0.25) is 14.4 Å². The minimum absolute atomic E-state index is 0.0409. The standard InChI is InChI=1S/C26H27N3O6/c30-23(27-14-24(31)32)13-28-25(33)16-6-5-7-17(12-16)29-26(34)35-15-22-20-10-3-1-8-18(20)19-9-2-4-11-21(19)22/h1-5,7-11,16-17,22H,6,12-15H2,(H,27,30)(H,28,33)(H,29,34)(H,31,32)/t16-,17-/m1/s1. The Morgan fingerprint density at radius 2 is 1.57 bits per heavy atom. The van der Waals surface area contributed by atoms with E-state index in [-0.39, 0.29) is 31.0 Å². The van der Waals surface area contributed by atoms with Crippen LogP contribution < -0.4 is 16.0 Å². The number of carbonyl (C=O) groups excluding carboxylic acids is 3. The third-order valence-corrected chi connectivity index (χ3v) is 6.21. The van der Waals surface area contributed by atoms with Crippen LogP contribution in [0, 0.1) is 5.92 Å². The zero-order valence-corrected chi connectivity index (χ0v) is 19.0. The normalized spacial score (nSPS) is 18.2. The first-order valence-corrected chi connectivity index (χ1v) is 11.5. The first kappa shape index (κ1) is 24.0. The number of amides is 3. The van der Waals surface area contributed by atoms with Crippen molar-refractivity contribution in [2.45, 2.75) is 24.8 Å². The van der Waals surface area contributed by atoms with Crippen LogP contribution in [-0.4, -0.2) is 54.7 Å². The summed E-state index contributed by atoms with van der Waals surface area (Å²) in [4.78, 5) is 47.1. The number of rotatable bonds is 8. The van der Waals surface area contributed by atoms with Gasteiger partial charge in [0.1, 0.15) is 13.2 Å². The maximum absolute atomic E-state index is 12.5. The zero-order chi connectivity index (χ0) is 24.8. The Hall–Kier alpha value is -4.14. The molecule has 2 atom stereocenters. The average Bonchev–Trinajstić information content (AvgIpc) is 3.18. The second kappa shape index (κ2) is 10.9. The maximum atomic E-state index is 12.5. The molecule has 2 aliphatic carbocycles. The molecule has 0 heterocycles. The number of benzene rings is 2. The highest BCUT2D eigenvalue weighted by Gasteiger charge is 2.30. The smallest absolute Gasteiger partial charge is 0.407 e. The molecule has 2 aliphatic rings. The number of allylic oxidation sites excluding steroid dienone is 1. The van der Waals surface area contributed by atoms with E-state index in [1.165, 1.54) is 0 Å². The van der Waals surface area contributed by atoms with E-state index in [2.05, 4.69) is 40.2 Å². The SMILES string of the molecule is O=C(O)CNC(=O)CNC(=O)[C@@H]1CC=C[C@@H](NC(=O)OCC2c3ccccc3-c3ccccc32)C1. The van der Waals surface area contributed by atoms with Crippen molar-refractivity contribution in [1.29, 1.82) is 0 Å². The Bertz CT molecular complexity index is 1120. The predicted octanol–water partition coefficient (Wildman–Crippen LogP) is 2.18. The summed E-state index contributed by atoms with van der Waals surface area (Å²) >= 11 is 0. The fraction of sp³-hybridized carbons (Fsp3) is 0.308. The molecule has 3 amide bonds. The van der Waals surface area contributed by atoms with Crippen LogP contribution in [0.4, 0.5) is 4.79 Å². The lowest BCUT2D eigenvalue weighted by atomic mass is 9.90. The third kappa shape index (κ3) is 5.87. The second-order valence-corrected chi connectivity index (χ2v) is 8.56. The van der Waals surface area contributed by atoms with Gasteiger partial charge in [-0.2, -0.15) is 0 Å². The molecule has 0 saturated carbocycles. The number of carboxylic acids is 1. The van der Waals surface area contributed by atoms with E-state index in [0.717, 1.165) is 22.3 Å². The summed E-state index contributed by atoms with van der Waals surface area (Å²) in [6, 6.07) is 15.8. The lowest BCUT2D eigenvalue weighted by molar-refractivity contribution is -0.137. The number of hydrogen-bond acceptors (Lipinski definition) is 5. The molecular formula is C26H27N3O6. The number of nitrogens with one attached hydrogen (secondary N) is 3. The van der Waals surface area contributed by atoms with Crippen LogP contribution in [0.1, 0.15) is 29.9 Å². The Kier molecular flexibility index (Phi) is 7.45. The van der Waals surface area contributed by atoms with E-state index >= 15 is 0 Å². The van der Waals surface area contributed by atoms with Crippen molar-refractivity contribution in [2.75, 3.05) is 19.7 Å². The topological polar surface area (TPSA) is 134 Å². The molecule has 35 heavy (non-hydrogen) atoms. The van der Waals surface area contributed by atoms with Crippen molar-refractivity contribution in [3.05, 3.63) is 71.8 Å². The van der Waals surface area contributed by atoms with E-state index < -0.39 is 30.4 Å². The molecular weight excluding hydrogens is 450 g/mol. The molecule has 0 bridgehead atoms. The van der Waals surface area contributed by atoms with Gasteiger partial charge in [0.05, 0.1) is 12.6 Å². The van der Waals surface area contributed by atoms with E-state index in [0.29, 0.717) is 12.8 Å².